The molecule has 0 fully saturated rings. The molecular weight excluding hydrogens is 220 g/mol. The molecule has 0 amide bonds. The Morgan fingerprint density at radius 3 is 2.53 bits per heavy atom. The van der Waals surface area contributed by atoms with Crippen LogP contribution in [0.1, 0.15) is 12.0 Å². The highest BCUT2D eigenvalue weighted by Gasteiger charge is 2.11. The van der Waals surface area contributed by atoms with Crippen molar-refractivity contribution in [2.45, 2.75) is 12.8 Å². The Balaban J connectivity index is 2.62. The molecule has 0 aliphatic rings. The first kappa shape index (κ1) is 11.5. The number of Topliss-reactive ketones (excluding diaryl/α,β-unsaturated/α-hetero) is 1. The lowest BCUT2D eigenvalue weighted by atomic mass is 10.1. The first-order chi connectivity index (χ1) is 7.00. The van der Waals surface area contributed by atoms with Crippen molar-refractivity contribution in [3.63, 3.8) is 0 Å². The molecule has 4 nitrogen and oxygen atoms in total. The van der Waals surface area contributed by atoms with E-state index >= 15 is 0 Å². The van der Waals surface area contributed by atoms with Crippen molar-refractivity contribution in [1.29, 1.82) is 0 Å². The average molecular weight is 229 g/mol. The van der Waals surface area contributed by atoms with Gasteiger partial charge in [0, 0.05) is 6.42 Å². The predicted octanol–water partition coefficient (Wildman–Crippen LogP) is 1.63. The minimum Gasteiger partial charge on any atom is -0.506 e. The van der Waals surface area contributed by atoms with Crippen molar-refractivity contribution in [1.82, 2.24) is 0 Å². The number of rotatable bonds is 4. The summed E-state index contributed by atoms with van der Waals surface area (Å²) in [7, 11) is 0. The van der Waals surface area contributed by atoms with Crippen LogP contribution in [0.25, 0.3) is 0 Å². The third-order valence-corrected chi connectivity index (χ3v) is 2.19. The van der Waals surface area contributed by atoms with Gasteiger partial charge >= 0.3 is 5.97 Å². The van der Waals surface area contributed by atoms with Crippen LogP contribution in [-0.2, 0) is 16.0 Å². The van der Waals surface area contributed by atoms with Crippen molar-refractivity contribution in [2.24, 2.45) is 0 Å². The number of halogens is 1. The molecule has 0 heterocycles. The van der Waals surface area contributed by atoms with E-state index in [0.717, 1.165) is 0 Å². The number of carbonyl (C=O) groups is 2. The van der Waals surface area contributed by atoms with E-state index in [-0.39, 0.29) is 17.2 Å². The summed E-state index contributed by atoms with van der Waals surface area (Å²) in [6.07, 6.45) is 0.224. The number of carboxylic acid groups (broad SMARTS) is 1. The lowest BCUT2D eigenvalue weighted by molar-refractivity contribution is -0.149. The second-order valence-electron chi connectivity index (χ2n) is 3.01. The zero-order chi connectivity index (χ0) is 11.4. The van der Waals surface area contributed by atoms with Crippen LogP contribution < -0.4 is 0 Å². The van der Waals surface area contributed by atoms with Crippen molar-refractivity contribution in [3.8, 4) is 5.75 Å². The van der Waals surface area contributed by atoms with E-state index in [1.807, 2.05) is 0 Å². The number of hydrogen-bond donors (Lipinski definition) is 2. The SMILES string of the molecule is O=C(O)C(=O)CCc1ccc(O)c(Cl)c1. The summed E-state index contributed by atoms with van der Waals surface area (Å²) < 4.78 is 0. The molecule has 0 unspecified atom stereocenters. The van der Waals surface area contributed by atoms with E-state index in [2.05, 4.69) is 0 Å². The largest absolute Gasteiger partial charge is 0.506 e. The van der Waals surface area contributed by atoms with Crippen molar-refractivity contribution in [3.05, 3.63) is 28.8 Å². The molecule has 0 aliphatic carbocycles. The lowest BCUT2D eigenvalue weighted by Crippen LogP contribution is -2.12. The fourth-order valence-electron chi connectivity index (χ4n) is 1.07. The molecule has 0 aromatic heterocycles. The van der Waals surface area contributed by atoms with Crippen LogP contribution in [0.5, 0.6) is 5.75 Å². The Hall–Kier alpha value is -1.55. The predicted molar refractivity (Wildman–Crippen MR) is 54.1 cm³/mol. The summed E-state index contributed by atoms with van der Waals surface area (Å²) in [5, 5.41) is 17.6. The summed E-state index contributed by atoms with van der Waals surface area (Å²) in [5.41, 5.74) is 0.715. The average Bonchev–Trinajstić information content (AvgIpc) is 2.19. The molecule has 1 aromatic rings. The van der Waals surface area contributed by atoms with Gasteiger partial charge in [0.05, 0.1) is 5.02 Å². The van der Waals surface area contributed by atoms with Gasteiger partial charge in [-0.3, -0.25) is 4.79 Å². The number of benzene rings is 1. The molecule has 0 bridgehead atoms. The number of aryl methyl sites for hydroxylation is 1. The molecular formula is C10H9ClO4. The van der Waals surface area contributed by atoms with Gasteiger partial charge in [0.2, 0.25) is 5.78 Å². The summed E-state index contributed by atoms with van der Waals surface area (Å²) in [6, 6.07) is 4.51. The zero-order valence-corrected chi connectivity index (χ0v) is 8.49. The highest BCUT2D eigenvalue weighted by molar-refractivity contribution is 6.33. The van der Waals surface area contributed by atoms with E-state index in [4.69, 9.17) is 21.8 Å². The van der Waals surface area contributed by atoms with Crippen LogP contribution >= 0.6 is 11.6 Å². The Morgan fingerprint density at radius 1 is 1.33 bits per heavy atom. The van der Waals surface area contributed by atoms with Gasteiger partial charge in [0.15, 0.2) is 0 Å². The van der Waals surface area contributed by atoms with Gasteiger partial charge < -0.3 is 10.2 Å². The normalized spacial score (nSPS) is 9.93. The van der Waals surface area contributed by atoms with Gasteiger partial charge in [0.25, 0.3) is 0 Å². The molecule has 0 atom stereocenters. The van der Waals surface area contributed by atoms with Crippen LogP contribution in [0.3, 0.4) is 0 Å². The molecule has 1 rings (SSSR count). The molecule has 0 spiro atoms. The molecule has 0 saturated carbocycles. The molecule has 2 N–H and O–H groups in total. The highest BCUT2D eigenvalue weighted by atomic mass is 35.5. The lowest BCUT2D eigenvalue weighted by Gasteiger charge is -2.01. The van der Waals surface area contributed by atoms with E-state index in [0.29, 0.717) is 12.0 Å². The minimum atomic E-state index is -1.43. The molecule has 15 heavy (non-hydrogen) atoms. The maximum absolute atomic E-state index is 10.8. The van der Waals surface area contributed by atoms with Crippen molar-refractivity contribution >= 4 is 23.4 Å². The van der Waals surface area contributed by atoms with Gasteiger partial charge in [-0.25, -0.2) is 4.79 Å². The van der Waals surface area contributed by atoms with Crippen LogP contribution in [-0.4, -0.2) is 22.0 Å². The molecule has 0 aliphatic heterocycles. The fraction of sp³-hybridized carbons (Fsp3) is 0.200. The van der Waals surface area contributed by atoms with Gasteiger partial charge in [-0.2, -0.15) is 0 Å². The quantitative estimate of drug-likeness (QED) is 0.768. The first-order valence-corrected chi connectivity index (χ1v) is 4.62. The van der Waals surface area contributed by atoms with Crippen molar-refractivity contribution in [2.75, 3.05) is 0 Å². The number of aromatic hydroxyl groups is 1. The van der Waals surface area contributed by atoms with Crippen LogP contribution in [0.2, 0.25) is 5.02 Å². The Morgan fingerprint density at radius 2 is 2.00 bits per heavy atom. The Labute approximate surface area is 91.1 Å². The summed E-state index contributed by atoms with van der Waals surface area (Å²) in [6.45, 7) is 0. The monoisotopic (exact) mass is 228 g/mol. The van der Waals surface area contributed by atoms with Crippen LogP contribution in [0, 0.1) is 0 Å². The summed E-state index contributed by atoms with van der Waals surface area (Å²) in [4.78, 5) is 21.0. The molecule has 80 valence electrons. The fourth-order valence-corrected chi connectivity index (χ4v) is 1.27. The van der Waals surface area contributed by atoms with Crippen LogP contribution in [0.15, 0.2) is 18.2 Å². The van der Waals surface area contributed by atoms with Crippen molar-refractivity contribution < 1.29 is 19.8 Å². The second-order valence-corrected chi connectivity index (χ2v) is 3.42. The Bertz CT molecular complexity index is 400. The number of hydrogen-bond acceptors (Lipinski definition) is 3. The second kappa shape index (κ2) is 4.79. The van der Waals surface area contributed by atoms with Gasteiger partial charge in [-0.15, -0.1) is 0 Å². The van der Waals surface area contributed by atoms with Gasteiger partial charge in [0.1, 0.15) is 5.75 Å². The molecule has 0 saturated heterocycles. The number of ketones is 1. The van der Waals surface area contributed by atoms with Gasteiger partial charge in [-0.05, 0) is 24.1 Å². The standard InChI is InChI=1S/C10H9ClO4/c11-7-5-6(1-3-8(7)12)2-4-9(13)10(14)15/h1,3,5,12H,2,4H2,(H,14,15). The number of aliphatic carboxylic acids is 1. The zero-order valence-electron chi connectivity index (χ0n) is 7.74. The third-order valence-electron chi connectivity index (χ3n) is 1.89. The molecule has 1 aromatic carbocycles. The minimum absolute atomic E-state index is 0.0371. The molecule has 0 radical (unpaired) electrons. The van der Waals surface area contributed by atoms with E-state index in [9.17, 15) is 9.59 Å². The smallest absolute Gasteiger partial charge is 0.372 e. The number of carboxylic acids is 1. The number of carbonyl (C=O) groups excluding carboxylic acids is 1. The topological polar surface area (TPSA) is 74.6 Å². The number of phenols is 1. The summed E-state index contributed by atoms with van der Waals surface area (Å²) in [5.74, 6) is -2.30. The molecule has 5 heteroatoms. The maximum Gasteiger partial charge on any atom is 0.372 e. The van der Waals surface area contributed by atoms with E-state index < -0.39 is 11.8 Å². The van der Waals surface area contributed by atoms with E-state index in [1.54, 1.807) is 6.07 Å². The highest BCUT2D eigenvalue weighted by Crippen LogP contribution is 2.24. The van der Waals surface area contributed by atoms with Gasteiger partial charge in [-0.1, -0.05) is 17.7 Å². The number of phenolic OH excluding ortho intramolecular Hbond substituents is 1. The third kappa shape index (κ3) is 3.25. The summed E-state index contributed by atoms with van der Waals surface area (Å²) >= 11 is 5.64. The van der Waals surface area contributed by atoms with E-state index in [1.165, 1.54) is 12.1 Å². The first-order valence-electron chi connectivity index (χ1n) is 4.24. The Kier molecular flexibility index (Phi) is 3.68. The van der Waals surface area contributed by atoms with Crippen LogP contribution in [0.4, 0.5) is 0 Å². The maximum atomic E-state index is 10.8.